The third-order valence-corrected chi connectivity index (χ3v) is 4.54. The fraction of sp³-hybridized carbons (Fsp3) is 0.364. The van der Waals surface area contributed by atoms with Gasteiger partial charge >= 0.3 is 0 Å². The summed E-state index contributed by atoms with van der Waals surface area (Å²) in [5.41, 5.74) is 2.28. The van der Waals surface area contributed by atoms with E-state index in [9.17, 15) is 4.79 Å². The number of carbonyl (C=O) groups excluding carboxylic acids is 1. The molecule has 0 fully saturated rings. The molecule has 162 valence electrons. The van der Waals surface area contributed by atoms with E-state index in [1.54, 1.807) is 7.05 Å². The Bertz CT molecular complexity index is 835. The van der Waals surface area contributed by atoms with Crippen molar-refractivity contribution in [1.82, 2.24) is 16.0 Å². The summed E-state index contributed by atoms with van der Waals surface area (Å²) in [4.78, 5) is 15.8. The molecule has 30 heavy (non-hydrogen) atoms. The summed E-state index contributed by atoms with van der Waals surface area (Å²) in [6.45, 7) is 3.74. The highest BCUT2D eigenvalue weighted by molar-refractivity contribution is 14.0. The standard InChI is InChI=1S/C22H28N4O3.HI/c1-3-24-21(27)15-28-18-9-6-7-16(11-18)13-25-22(23-2)26-14-19-12-17-8-4-5-10-20(17)29-19;/h4-11,19H,3,12-15H2,1-2H3,(H,24,27)(H2,23,25,26);1H. The van der Waals surface area contributed by atoms with Crippen molar-refractivity contribution in [2.45, 2.75) is 26.0 Å². The number of likely N-dealkylation sites (N-methyl/N-ethyl adjacent to an activating group) is 1. The number of fused-ring (bicyclic) bond motifs is 1. The normalized spacial score (nSPS) is 14.7. The molecule has 2 aromatic rings. The van der Waals surface area contributed by atoms with Gasteiger partial charge in [0.25, 0.3) is 5.91 Å². The first-order valence-corrected chi connectivity index (χ1v) is 9.85. The molecule has 1 atom stereocenters. The van der Waals surface area contributed by atoms with Gasteiger partial charge in [-0.1, -0.05) is 30.3 Å². The van der Waals surface area contributed by atoms with Crippen LogP contribution in [-0.4, -0.2) is 44.7 Å². The van der Waals surface area contributed by atoms with Crippen molar-refractivity contribution in [3.8, 4) is 11.5 Å². The summed E-state index contributed by atoms with van der Waals surface area (Å²) in [6.07, 6.45) is 0.988. The van der Waals surface area contributed by atoms with Gasteiger partial charge in [-0.3, -0.25) is 9.79 Å². The molecule has 0 saturated heterocycles. The largest absolute Gasteiger partial charge is 0.488 e. The summed E-state index contributed by atoms with van der Waals surface area (Å²) in [5.74, 6) is 2.21. The number of hydrogen-bond donors (Lipinski definition) is 3. The van der Waals surface area contributed by atoms with Gasteiger partial charge in [-0.2, -0.15) is 0 Å². The lowest BCUT2D eigenvalue weighted by Gasteiger charge is -2.16. The molecule has 0 aliphatic carbocycles. The van der Waals surface area contributed by atoms with E-state index in [-0.39, 0.29) is 42.6 Å². The first-order valence-electron chi connectivity index (χ1n) is 9.85. The van der Waals surface area contributed by atoms with Crippen LogP contribution in [0.5, 0.6) is 11.5 Å². The number of guanidine groups is 1. The van der Waals surface area contributed by atoms with E-state index in [2.05, 4.69) is 27.0 Å². The van der Waals surface area contributed by atoms with E-state index in [4.69, 9.17) is 9.47 Å². The Balaban J connectivity index is 0.00000320. The average molecular weight is 524 g/mol. The van der Waals surface area contributed by atoms with E-state index < -0.39 is 0 Å². The van der Waals surface area contributed by atoms with Crippen LogP contribution >= 0.6 is 24.0 Å². The monoisotopic (exact) mass is 524 g/mol. The number of rotatable bonds is 8. The molecular weight excluding hydrogens is 495 g/mol. The van der Waals surface area contributed by atoms with Crippen LogP contribution in [0.1, 0.15) is 18.1 Å². The minimum Gasteiger partial charge on any atom is -0.488 e. The minimum atomic E-state index is -0.128. The molecule has 8 heteroatoms. The Morgan fingerprint density at radius 1 is 1.17 bits per heavy atom. The number of aliphatic imine (C=N–C) groups is 1. The molecule has 1 aliphatic heterocycles. The van der Waals surface area contributed by atoms with Crippen molar-refractivity contribution in [2.75, 3.05) is 26.7 Å². The van der Waals surface area contributed by atoms with Crippen LogP contribution in [0.15, 0.2) is 53.5 Å². The molecule has 2 aromatic carbocycles. The van der Waals surface area contributed by atoms with Crippen LogP contribution in [0, 0.1) is 0 Å². The number of benzene rings is 2. The van der Waals surface area contributed by atoms with Gasteiger partial charge in [0.1, 0.15) is 17.6 Å². The van der Waals surface area contributed by atoms with E-state index in [1.165, 1.54) is 5.56 Å². The van der Waals surface area contributed by atoms with E-state index in [0.29, 0.717) is 31.3 Å². The molecule has 0 spiro atoms. The predicted molar refractivity (Wildman–Crippen MR) is 129 cm³/mol. The topological polar surface area (TPSA) is 84.0 Å². The predicted octanol–water partition coefficient (Wildman–Crippen LogP) is 2.49. The lowest BCUT2D eigenvalue weighted by molar-refractivity contribution is -0.122. The van der Waals surface area contributed by atoms with Gasteiger partial charge in [-0.05, 0) is 36.2 Å². The highest BCUT2D eigenvalue weighted by atomic mass is 127. The molecule has 0 bridgehead atoms. The maximum Gasteiger partial charge on any atom is 0.257 e. The summed E-state index contributed by atoms with van der Waals surface area (Å²) in [5, 5.41) is 9.32. The molecule has 1 aliphatic rings. The van der Waals surface area contributed by atoms with Crippen LogP contribution < -0.4 is 25.4 Å². The number of amides is 1. The Hall–Kier alpha value is -2.49. The van der Waals surface area contributed by atoms with Gasteiger partial charge in [-0.15, -0.1) is 24.0 Å². The fourth-order valence-corrected chi connectivity index (χ4v) is 3.13. The Morgan fingerprint density at radius 2 is 2.00 bits per heavy atom. The van der Waals surface area contributed by atoms with Gasteiger partial charge in [-0.25, -0.2) is 0 Å². The number of nitrogens with zero attached hydrogens (tertiary/aromatic N) is 1. The third-order valence-electron chi connectivity index (χ3n) is 4.54. The highest BCUT2D eigenvalue weighted by Crippen LogP contribution is 2.27. The quantitative estimate of drug-likeness (QED) is 0.281. The Morgan fingerprint density at radius 3 is 2.77 bits per heavy atom. The Kier molecular flexibility index (Phi) is 9.72. The second-order valence-corrected chi connectivity index (χ2v) is 6.75. The zero-order chi connectivity index (χ0) is 20.5. The smallest absolute Gasteiger partial charge is 0.257 e. The number of halogens is 1. The van der Waals surface area contributed by atoms with Crippen molar-refractivity contribution in [3.63, 3.8) is 0 Å². The molecule has 0 radical (unpaired) electrons. The van der Waals surface area contributed by atoms with Crippen molar-refractivity contribution in [1.29, 1.82) is 0 Å². The van der Waals surface area contributed by atoms with Crippen LogP contribution in [0.2, 0.25) is 0 Å². The lowest BCUT2D eigenvalue weighted by Crippen LogP contribution is -2.41. The number of nitrogens with one attached hydrogen (secondary N) is 3. The zero-order valence-electron chi connectivity index (χ0n) is 17.3. The van der Waals surface area contributed by atoms with Crippen LogP contribution in [-0.2, 0) is 17.8 Å². The Labute approximate surface area is 194 Å². The first-order chi connectivity index (χ1) is 14.2. The summed E-state index contributed by atoms with van der Waals surface area (Å²) in [7, 11) is 1.74. The SMILES string of the molecule is CCNC(=O)COc1cccc(CNC(=NC)NCC2Cc3ccccc3O2)c1.I. The zero-order valence-corrected chi connectivity index (χ0v) is 19.6. The molecule has 0 saturated carbocycles. The van der Waals surface area contributed by atoms with Crippen molar-refractivity contribution in [2.24, 2.45) is 4.99 Å². The van der Waals surface area contributed by atoms with E-state index in [0.717, 1.165) is 17.7 Å². The van der Waals surface area contributed by atoms with Crippen LogP contribution in [0.25, 0.3) is 0 Å². The molecule has 1 amide bonds. The maximum atomic E-state index is 11.5. The maximum absolute atomic E-state index is 11.5. The van der Waals surface area contributed by atoms with Crippen molar-refractivity contribution in [3.05, 3.63) is 59.7 Å². The molecule has 3 rings (SSSR count). The molecule has 1 heterocycles. The minimum absolute atomic E-state index is 0. The summed E-state index contributed by atoms with van der Waals surface area (Å²) < 4.78 is 11.5. The number of hydrogen-bond acceptors (Lipinski definition) is 4. The average Bonchev–Trinajstić information content (AvgIpc) is 3.16. The number of ether oxygens (including phenoxy) is 2. The van der Waals surface area contributed by atoms with E-state index >= 15 is 0 Å². The molecule has 3 N–H and O–H groups in total. The fourth-order valence-electron chi connectivity index (χ4n) is 3.13. The van der Waals surface area contributed by atoms with Crippen LogP contribution in [0.3, 0.4) is 0 Å². The van der Waals surface area contributed by atoms with Crippen molar-refractivity contribution < 1.29 is 14.3 Å². The van der Waals surface area contributed by atoms with Gasteiger partial charge in [0, 0.05) is 26.6 Å². The molecule has 1 unspecified atom stereocenters. The van der Waals surface area contributed by atoms with E-state index in [1.807, 2.05) is 49.4 Å². The molecule has 7 nitrogen and oxygen atoms in total. The van der Waals surface area contributed by atoms with Gasteiger partial charge < -0.3 is 25.4 Å². The van der Waals surface area contributed by atoms with Crippen LogP contribution in [0.4, 0.5) is 0 Å². The summed E-state index contributed by atoms with van der Waals surface area (Å²) >= 11 is 0. The van der Waals surface area contributed by atoms with Gasteiger partial charge in [0.05, 0.1) is 6.54 Å². The molecule has 0 aromatic heterocycles. The number of para-hydroxylation sites is 1. The number of carbonyl (C=O) groups is 1. The van der Waals surface area contributed by atoms with Gasteiger partial charge in [0.2, 0.25) is 0 Å². The second kappa shape index (κ2) is 12.3. The third kappa shape index (κ3) is 7.08. The first kappa shape index (κ1) is 23.8. The van der Waals surface area contributed by atoms with Gasteiger partial charge in [0.15, 0.2) is 12.6 Å². The second-order valence-electron chi connectivity index (χ2n) is 6.75. The molecular formula is C22H29IN4O3. The lowest BCUT2D eigenvalue weighted by atomic mass is 10.1. The highest BCUT2D eigenvalue weighted by Gasteiger charge is 2.22. The summed E-state index contributed by atoms with van der Waals surface area (Å²) in [6, 6.07) is 15.8. The van der Waals surface area contributed by atoms with Crippen molar-refractivity contribution >= 4 is 35.8 Å².